The molecular formula is C14H21N3O2S. The third kappa shape index (κ3) is 2.55. The van der Waals surface area contributed by atoms with Crippen LogP contribution in [0, 0.1) is 6.92 Å². The van der Waals surface area contributed by atoms with E-state index in [9.17, 15) is 8.42 Å². The number of nitrogen functional groups attached to an aromatic ring is 1. The molecule has 0 spiro atoms. The second-order valence-electron chi connectivity index (χ2n) is 5.70. The maximum Gasteiger partial charge on any atom is 0.243 e. The van der Waals surface area contributed by atoms with E-state index in [1.54, 1.807) is 29.4 Å². The van der Waals surface area contributed by atoms with Crippen LogP contribution in [-0.4, -0.2) is 49.8 Å². The topological polar surface area (TPSA) is 66.6 Å². The molecule has 0 unspecified atom stereocenters. The molecule has 2 fully saturated rings. The SMILES string of the molecule is Cc1cc(N)ccc1S(=O)(=O)N1CCN(C2CC2)CC1. The number of piperazine rings is 1. The van der Waals surface area contributed by atoms with Gasteiger partial charge in [0.15, 0.2) is 0 Å². The minimum Gasteiger partial charge on any atom is -0.399 e. The van der Waals surface area contributed by atoms with Crippen LogP contribution >= 0.6 is 0 Å². The summed E-state index contributed by atoms with van der Waals surface area (Å²) in [7, 11) is -3.39. The minimum atomic E-state index is -3.39. The maximum absolute atomic E-state index is 12.7. The fourth-order valence-electron chi connectivity index (χ4n) is 2.85. The van der Waals surface area contributed by atoms with E-state index in [0.29, 0.717) is 29.7 Å². The lowest BCUT2D eigenvalue weighted by atomic mass is 10.2. The summed E-state index contributed by atoms with van der Waals surface area (Å²) in [5.74, 6) is 0. The van der Waals surface area contributed by atoms with Gasteiger partial charge in [-0.05, 0) is 43.5 Å². The molecule has 0 radical (unpaired) electrons. The fourth-order valence-corrected chi connectivity index (χ4v) is 4.48. The van der Waals surface area contributed by atoms with Crippen molar-refractivity contribution in [1.82, 2.24) is 9.21 Å². The van der Waals surface area contributed by atoms with Gasteiger partial charge in [0.05, 0.1) is 4.90 Å². The van der Waals surface area contributed by atoms with Crippen molar-refractivity contribution in [2.45, 2.75) is 30.7 Å². The zero-order valence-corrected chi connectivity index (χ0v) is 12.6. The fraction of sp³-hybridized carbons (Fsp3) is 0.571. The summed E-state index contributed by atoms with van der Waals surface area (Å²) in [5.41, 5.74) is 7.01. The zero-order chi connectivity index (χ0) is 14.3. The molecule has 3 rings (SSSR count). The van der Waals surface area contributed by atoms with Gasteiger partial charge in [-0.3, -0.25) is 4.90 Å². The zero-order valence-electron chi connectivity index (χ0n) is 11.7. The number of aryl methyl sites for hydroxylation is 1. The standard InChI is InChI=1S/C14H21N3O2S/c1-11-10-12(15)2-5-14(11)20(18,19)17-8-6-16(7-9-17)13-3-4-13/h2,5,10,13H,3-4,6-9,15H2,1H3. The number of nitrogens with two attached hydrogens (primary N) is 1. The first-order chi connectivity index (χ1) is 9.48. The molecular weight excluding hydrogens is 274 g/mol. The molecule has 1 aromatic rings. The Morgan fingerprint density at radius 1 is 1.15 bits per heavy atom. The molecule has 1 saturated heterocycles. The van der Waals surface area contributed by atoms with Crippen molar-refractivity contribution in [1.29, 1.82) is 0 Å². The Kier molecular flexibility index (Phi) is 3.48. The summed E-state index contributed by atoms with van der Waals surface area (Å²) in [5, 5.41) is 0. The van der Waals surface area contributed by atoms with Crippen molar-refractivity contribution in [2.75, 3.05) is 31.9 Å². The number of nitrogens with zero attached hydrogens (tertiary/aromatic N) is 2. The Labute approximate surface area is 120 Å². The molecule has 0 bridgehead atoms. The third-order valence-electron chi connectivity index (χ3n) is 4.15. The summed E-state index contributed by atoms with van der Waals surface area (Å²) in [6.07, 6.45) is 2.54. The van der Waals surface area contributed by atoms with Crippen LogP contribution in [0.15, 0.2) is 23.1 Å². The maximum atomic E-state index is 12.7. The molecule has 0 aromatic heterocycles. The molecule has 0 amide bonds. The smallest absolute Gasteiger partial charge is 0.243 e. The van der Waals surface area contributed by atoms with Crippen molar-refractivity contribution < 1.29 is 8.42 Å². The number of benzene rings is 1. The van der Waals surface area contributed by atoms with Crippen molar-refractivity contribution >= 4 is 15.7 Å². The van der Waals surface area contributed by atoms with Crippen LogP contribution in [0.1, 0.15) is 18.4 Å². The van der Waals surface area contributed by atoms with Gasteiger partial charge in [0.25, 0.3) is 0 Å². The number of sulfonamides is 1. The first kappa shape index (κ1) is 13.9. The average molecular weight is 295 g/mol. The quantitative estimate of drug-likeness (QED) is 0.846. The largest absolute Gasteiger partial charge is 0.399 e. The van der Waals surface area contributed by atoms with Crippen LogP contribution < -0.4 is 5.73 Å². The molecule has 20 heavy (non-hydrogen) atoms. The van der Waals surface area contributed by atoms with Crippen LogP contribution in [-0.2, 0) is 10.0 Å². The summed E-state index contributed by atoms with van der Waals surface area (Å²) >= 11 is 0. The first-order valence-corrected chi connectivity index (χ1v) is 8.53. The Balaban J connectivity index is 1.78. The van der Waals surface area contributed by atoms with Crippen LogP contribution in [0.2, 0.25) is 0 Å². The van der Waals surface area contributed by atoms with Crippen molar-refractivity contribution in [3.05, 3.63) is 23.8 Å². The van der Waals surface area contributed by atoms with Crippen molar-refractivity contribution in [2.24, 2.45) is 0 Å². The second kappa shape index (κ2) is 5.02. The number of hydrogen-bond acceptors (Lipinski definition) is 4. The molecule has 2 N–H and O–H groups in total. The monoisotopic (exact) mass is 295 g/mol. The van der Waals surface area contributed by atoms with E-state index < -0.39 is 10.0 Å². The Morgan fingerprint density at radius 3 is 2.35 bits per heavy atom. The van der Waals surface area contributed by atoms with E-state index in [2.05, 4.69) is 4.90 Å². The van der Waals surface area contributed by atoms with Gasteiger partial charge in [0.2, 0.25) is 10.0 Å². The highest BCUT2D eigenvalue weighted by Crippen LogP contribution is 2.29. The molecule has 6 heteroatoms. The van der Waals surface area contributed by atoms with Crippen LogP contribution in [0.4, 0.5) is 5.69 Å². The van der Waals surface area contributed by atoms with Gasteiger partial charge in [-0.15, -0.1) is 0 Å². The lowest BCUT2D eigenvalue weighted by Crippen LogP contribution is -2.49. The number of anilines is 1. The van der Waals surface area contributed by atoms with Gasteiger partial charge < -0.3 is 5.73 Å². The summed E-state index contributed by atoms with van der Waals surface area (Å²) in [4.78, 5) is 2.79. The molecule has 1 heterocycles. The highest BCUT2D eigenvalue weighted by molar-refractivity contribution is 7.89. The highest BCUT2D eigenvalue weighted by Gasteiger charge is 2.35. The average Bonchev–Trinajstić information content (AvgIpc) is 3.22. The van der Waals surface area contributed by atoms with E-state index in [1.165, 1.54) is 12.8 Å². The van der Waals surface area contributed by atoms with Gasteiger partial charge in [-0.25, -0.2) is 8.42 Å². The van der Waals surface area contributed by atoms with E-state index in [-0.39, 0.29) is 0 Å². The van der Waals surface area contributed by atoms with Crippen LogP contribution in [0.5, 0.6) is 0 Å². The van der Waals surface area contributed by atoms with Gasteiger partial charge in [-0.1, -0.05) is 0 Å². The molecule has 110 valence electrons. The van der Waals surface area contributed by atoms with Crippen molar-refractivity contribution in [3.63, 3.8) is 0 Å². The second-order valence-corrected chi connectivity index (χ2v) is 7.60. The van der Waals surface area contributed by atoms with Gasteiger partial charge in [0, 0.05) is 37.9 Å². The van der Waals surface area contributed by atoms with E-state index in [1.807, 2.05) is 0 Å². The predicted octanol–water partition coefficient (Wildman–Crippen LogP) is 1.05. The van der Waals surface area contributed by atoms with Crippen LogP contribution in [0.25, 0.3) is 0 Å². The molecule has 1 aliphatic carbocycles. The summed E-state index contributed by atoms with van der Waals surface area (Å²) < 4.78 is 27.0. The van der Waals surface area contributed by atoms with E-state index in [0.717, 1.165) is 18.7 Å². The first-order valence-electron chi connectivity index (χ1n) is 7.09. The third-order valence-corrected chi connectivity index (χ3v) is 6.21. The molecule has 1 aromatic carbocycles. The van der Waals surface area contributed by atoms with E-state index in [4.69, 9.17) is 5.73 Å². The number of rotatable bonds is 3. The normalized spacial score (nSPS) is 22.1. The molecule has 1 aliphatic heterocycles. The Hall–Kier alpha value is -1.11. The Morgan fingerprint density at radius 2 is 1.80 bits per heavy atom. The lowest BCUT2D eigenvalue weighted by molar-refractivity contribution is 0.180. The van der Waals surface area contributed by atoms with E-state index >= 15 is 0 Å². The van der Waals surface area contributed by atoms with Crippen molar-refractivity contribution in [3.8, 4) is 0 Å². The van der Waals surface area contributed by atoms with Gasteiger partial charge in [0.1, 0.15) is 0 Å². The summed E-state index contributed by atoms with van der Waals surface area (Å²) in [6, 6.07) is 5.69. The lowest BCUT2D eigenvalue weighted by Gasteiger charge is -2.34. The van der Waals surface area contributed by atoms with Gasteiger partial charge >= 0.3 is 0 Å². The molecule has 1 saturated carbocycles. The number of hydrogen-bond donors (Lipinski definition) is 1. The van der Waals surface area contributed by atoms with Crippen LogP contribution in [0.3, 0.4) is 0 Å². The molecule has 5 nitrogen and oxygen atoms in total. The summed E-state index contributed by atoms with van der Waals surface area (Å²) in [6.45, 7) is 4.66. The minimum absolute atomic E-state index is 0.381. The van der Waals surface area contributed by atoms with Gasteiger partial charge in [-0.2, -0.15) is 4.31 Å². The molecule has 2 aliphatic rings. The predicted molar refractivity (Wildman–Crippen MR) is 78.9 cm³/mol. The Bertz CT molecular complexity index is 603. The molecule has 0 atom stereocenters. The highest BCUT2D eigenvalue weighted by atomic mass is 32.2.